The van der Waals surface area contributed by atoms with E-state index in [9.17, 15) is 9.59 Å². The minimum absolute atomic E-state index is 0.0446. The fourth-order valence-electron chi connectivity index (χ4n) is 2.97. The summed E-state index contributed by atoms with van der Waals surface area (Å²) in [4.78, 5) is 23.8. The third kappa shape index (κ3) is 6.04. The lowest BCUT2D eigenvalue weighted by Gasteiger charge is -2.39. The van der Waals surface area contributed by atoms with Gasteiger partial charge in [0, 0.05) is 13.5 Å². The van der Waals surface area contributed by atoms with Gasteiger partial charge in [-0.3, -0.25) is 9.59 Å². The van der Waals surface area contributed by atoms with Crippen LogP contribution in [0.15, 0.2) is 0 Å². The van der Waals surface area contributed by atoms with Crippen LogP contribution in [0.2, 0.25) is 0 Å². The van der Waals surface area contributed by atoms with Gasteiger partial charge in [0.05, 0.1) is 25.2 Å². The molecule has 0 spiro atoms. The molecule has 0 bridgehead atoms. The predicted molar refractivity (Wildman–Crippen MR) is 80.9 cm³/mol. The first-order valence-corrected chi connectivity index (χ1v) is 7.96. The molecule has 1 N–H and O–H groups in total. The van der Waals surface area contributed by atoms with Crippen LogP contribution in [0.25, 0.3) is 0 Å². The van der Waals surface area contributed by atoms with Gasteiger partial charge in [-0.15, -0.1) is 0 Å². The second-order valence-corrected chi connectivity index (χ2v) is 5.97. The molecule has 0 saturated heterocycles. The Morgan fingerprint density at radius 2 is 1.86 bits per heavy atom. The summed E-state index contributed by atoms with van der Waals surface area (Å²) in [6.45, 7) is 2.11. The summed E-state index contributed by atoms with van der Waals surface area (Å²) in [5, 5.41) is 3.11. The van der Waals surface area contributed by atoms with E-state index >= 15 is 0 Å². The molecule has 5 nitrogen and oxygen atoms in total. The highest BCUT2D eigenvalue weighted by Crippen LogP contribution is 2.33. The van der Waals surface area contributed by atoms with E-state index < -0.39 is 5.54 Å². The van der Waals surface area contributed by atoms with E-state index in [0.29, 0.717) is 6.42 Å². The van der Waals surface area contributed by atoms with Crippen LogP contribution < -0.4 is 5.32 Å². The van der Waals surface area contributed by atoms with E-state index in [0.717, 1.165) is 44.9 Å². The zero-order valence-corrected chi connectivity index (χ0v) is 13.6. The van der Waals surface area contributed by atoms with Crippen LogP contribution >= 0.6 is 0 Å². The van der Waals surface area contributed by atoms with Crippen molar-refractivity contribution in [3.8, 4) is 0 Å². The smallest absolute Gasteiger partial charge is 0.307 e. The molecule has 0 aliphatic heterocycles. The van der Waals surface area contributed by atoms with E-state index in [4.69, 9.17) is 9.47 Å². The van der Waals surface area contributed by atoms with Gasteiger partial charge < -0.3 is 14.8 Å². The SMILES string of the molecule is CCCCCC(=O)NC1(CC(=O)OC)CCC(OC)CC1. The third-order valence-corrected chi connectivity index (χ3v) is 4.35. The van der Waals surface area contributed by atoms with Crippen molar-refractivity contribution < 1.29 is 19.1 Å². The maximum Gasteiger partial charge on any atom is 0.307 e. The first kappa shape index (κ1) is 18.0. The molecule has 0 aromatic carbocycles. The predicted octanol–water partition coefficient (Wildman–Crippen LogP) is 2.57. The molecule has 21 heavy (non-hydrogen) atoms. The number of amides is 1. The van der Waals surface area contributed by atoms with Crippen molar-refractivity contribution in [1.29, 1.82) is 0 Å². The van der Waals surface area contributed by atoms with Gasteiger partial charge >= 0.3 is 5.97 Å². The Labute approximate surface area is 127 Å². The van der Waals surface area contributed by atoms with E-state index in [-0.39, 0.29) is 24.4 Å². The summed E-state index contributed by atoms with van der Waals surface area (Å²) in [7, 11) is 3.10. The molecule has 1 saturated carbocycles. The second-order valence-electron chi connectivity index (χ2n) is 5.97. The summed E-state index contributed by atoms with van der Waals surface area (Å²) in [6.07, 6.45) is 7.32. The standard InChI is InChI=1S/C16H29NO4/c1-4-5-6-7-14(18)17-16(12-15(19)21-3)10-8-13(20-2)9-11-16/h13H,4-12H2,1-3H3,(H,17,18). The van der Waals surface area contributed by atoms with Gasteiger partial charge in [-0.1, -0.05) is 19.8 Å². The van der Waals surface area contributed by atoms with Gasteiger partial charge in [-0.25, -0.2) is 0 Å². The molecule has 0 radical (unpaired) electrons. The van der Waals surface area contributed by atoms with E-state index in [2.05, 4.69) is 12.2 Å². The highest BCUT2D eigenvalue weighted by atomic mass is 16.5. The quantitative estimate of drug-likeness (QED) is 0.552. The fraction of sp³-hybridized carbons (Fsp3) is 0.875. The summed E-state index contributed by atoms with van der Waals surface area (Å²) in [5.41, 5.74) is -0.453. The van der Waals surface area contributed by atoms with Crippen molar-refractivity contribution in [2.45, 2.75) is 76.4 Å². The normalized spacial score (nSPS) is 25.4. The molecule has 0 aromatic rings. The number of ether oxygens (including phenoxy) is 2. The number of esters is 1. The van der Waals surface area contributed by atoms with Gasteiger partial charge in [0.25, 0.3) is 0 Å². The third-order valence-electron chi connectivity index (χ3n) is 4.35. The largest absolute Gasteiger partial charge is 0.469 e. The molecule has 1 rings (SSSR count). The zero-order valence-electron chi connectivity index (χ0n) is 13.6. The van der Waals surface area contributed by atoms with Gasteiger partial charge in [0.1, 0.15) is 0 Å². The van der Waals surface area contributed by atoms with Crippen LogP contribution in [0, 0.1) is 0 Å². The number of unbranched alkanes of at least 4 members (excludes halogenated alkanes) is 2. The second kappa shape index (κ2) is 9.03. The molecule has 0 heterocycles. The fourth-order valence-corrected chi connectivity index (χ4v) is 2.97. The number of nitrogens with one attached hydrogen (secondary N) is 1. The number of rotatable bonds is 8. The van der Waals surface area contributed by atoms with Gasteiger partial charge in [-0.2, -0.15) is 0 Å². The Morgan fingerprint density at radius 3 is 2.38 bits per heavy atom. The van der Waals surface area contributed by atoms with Crippen molar-refractivity contribution in [3.63, 3.8) is 0 Å². The average molecular weight is 299 g/mol. The number of carbonyl (C=O) groups is 2. The molecule has 1 fully saturated rings. The number of methoxy groups -OCH3 is 2. The summed E-state index contributed by atoms with van der Waals surface area (Å²) in [6, 6.07) is 0. The van der Waals surface area contributed by atoms with Crippen molar-refractivity contribution in [2.24, 2.45) is 0 Å². The number of hydrogen-bond acceptors (Lipinski definition) is 4. The Hall–Kier alpha value is -1.10. The molecule has 1 amide bonds. The van der Waals surface area contributed by atoms with Gasteiger partial charge in [0.2, 0.25) is 5.91 Å². The lowest BCUT2D eigenvalue weighted by Crippen LogP contribution is -2.52. The van der Waals surface area contributed by atoms with Gasteiger partial charge in [-0.05, 0) is 32.1 Å². The Bertz CT molecular complexity index is 335. The molecule has 0 unspecified atom stereocenters. The maximum atomic E-state index is 12.1. The molecule has 5 heteroatoms. The molecule has 0 atom stereocenters. The molecule has 1 aliphatic carbocycles. The van der Waals surface area contributed by atoms with Gasteiger partial charge in [0.15, 0.2) is 0 Å². The van der Waals surface area contributed by atoms with Crippen LogP contribution in [0.1, 0.15) is 64.7 Å². The summed E-state index contributed by atoms with van der Waals surface area (Å²) in [5.74, 6) is -0.219. The van der Waals surface area contributed by atoms with E-state index in [1.165, 1.54) is 7.11 Å². The Kier molecular flexibility index (Phi) is 7.72. The monoisotopic (exact) mass is 299 g/mol. The summed E-state index contributed by atoms with van der Waals surface area (Å²) >= 11 is 0. The maximum absolute atomic E-state index is 12.1. The van der Waals surface area contributed by atoms with Crippen LogP contribution in [-0.2, 0) is 19.1 Å². The van der Waals surface area contributed by atoms with Crippen molar-refractivity contribution in [3.05, 3.63) is 0 Å². The van der Waals surface area contributed by atoms with E-state index in [1.807, 2.05) is 0 Å². The zero-order chi connectivity index (χ0) is 15.7. The number of hydrogen-bond donors (Lipinski definition) is 1. The van der Waals surface area contributed by atoms with Crippen molar-refractivity contribution >= 4 is 11.9 Å². The molecule has 0 aromatic heterocycles. The summed E-state index contributed by atoms with van der Waals surface area (Å²) < 4.78 is 10.2. The Morgan fingerprint density at radius 1 is 1.19 bits per heavy atom. The lowest BCUT2D eigenvalue weighted by atomic mass is 9.78. The lowest BCUT2D eigenvalue weighted by molar-refractivity contribution is -0.143. The number of carbonyl (C=O) groups excluding carboxylic acids is 2. The Balaban J connectivity index is 2.60. The highest BCUT2D eigenvalue weighted by molar-refractivity contribution is 5.78. The topological polar surface area (TPSA) is 64.6 Å². The van der Waals surface area contributed by atoms with Crippen LogP contribution in [0.3, 0.4) is 0 Å². The van der Waals surface area contributed by atoms with Crippen molar-refractivity contribution in [1.82, 2.24) is 5.32 Å². The first-order chi connectivity index (χ1) is 10.0. The van der Waals surface area contributed by atoms with Crippen LogP contribution in [-0.4, -0.2) is 37.7 Å². The van der Waals surface area contributed by atoms with E-state index in [1.54, 1.807) is 7.11 Å². The van der Waals surface area contributed by atoms with Crippen LogP contribution in [0.5, 0.6) is 0 Å². The van der Waals surface area contributed by atoms with Crippen molar-refractivity contribution in [2.75, 3.05) is 14.2 Å². The van der Waals surface area contributed by atoms with Crippen LogP contribution in [0.4, 0.5) is 0 Å². The molecule has 1 aliphatic rings. The first-order valence-electron chi connectivity index (χ1n) is 7.96. The molecular weight excluding hydrogens is 270 g/mol. The minimum Gasteiger partial charge on any atom is -0.469 e. The molecular formula is C16H29NO4. The average Bonchev–Trinajstić information content (AvgIpc) is 2.48. The highest BCUT2D eigenvalue weighted by Gasteiger charge is 2.38. The molecule has 122 valence electrons. The minimum atomic E-state index is -0.453.